The van der Waals surface area contributed by atoms with Crippen molar-refractivity contribution in [2.45, 2.75) is 51.0 Å². The van der Waals surface area contributed by atoms with Crippen LogP contribution in [0.3, 0.4) is 0 Å². The highest BCUT2D eigenvalue weighted by molar-refractivity contribution is 5.92. The molecule has 4 aliphatic rings. The van der Waals surface area contributed by atoms with Crippen molar-refractivity contribution in [3.05, 3.63) is 30.1 Å². The molecule has 0 bridgehead atoms. The molecule has 4 fully saturated rings. The lowest BCUT2D eigenvalue weighted by Gasteiger charge is -2.41. The standard InChI is InChI=1S/C26H34N6/c27-16-20-4-5-23(25-24(20)28-10-11-29-25)32-18-21(26(19-32)8-9-26)17-30-14-6-22(7-15-30)31-12-2-1-3-13-31/h4-5,10-11,21-22H,1-3,6-9,12-15,17-19H2. The predicted molar refractivity (Wildman–Crippen MR) is 127 cm³/mol. The number of nitrogens with zero attached hydrogens (tertiary/aromatic N) is 6. The van der Waals surface area contributed by atoms with E-state index in [1.165, 1.54) is 77.7 Å². The molecule has 1 aliphatic carbocycles. The number of fused-ring (bicyclic) bond motifs is 1. The molecule has 1 aromatic carbocycles. The molecule has 0 amide bonds. The third kappa shape index (κ3) is 3.66. The number of likely N-dealkylation sites (tertiary alicyclic amines) is 2. The van der Waals surface area contributed by atoms with E-state index in [1.807, 2.05) is 6.07 Å². The van der Waals surface area contributed by atoms with Gasteiger partial charge in [-0.1, -0.05) is 6.42 Å². The molecule has 6 nitrogen and oxygen atoms in total. The minimum Gasteiger partial charge on any atom is -0.369 e. The quantitative estimate of drug-likeness (QED) is 0.738. The van der Waals surface area contributed by atoms with Gasteiger partial charge in [0.25, 0.3) is 0 Å². The Morgan fingerprint density at radius 1 is 0.969 bits per heavy atom. The molecular formula is C26H34N6. The van der Waals surface area contributed by atoms with Crippen LogP contribution < -0.4 is 4.90 Å². The number of rotatable bonds is 4. The second-order valence-electron chi connectivity index (χ2n) is 10.6. The third-order valence-corrected chi connectivity index (χ3v) is 8.71. The molecule has 1 atom stereocenters. The van der Waals surface area contributed by atoms with Crippen LogP contribution in [0.15, 0.2) is 24.5 Å². The number of aromatic nitrogens is 2. The molecule has 1 aromatic heterocycles. The summed E-state index contributed by atoms with van der Waals surface area (Å²) < 4.78 is 0. The summed E-state index contributed by atoms with van der Waals surface area (Å²) in [5.41, 5.74) is 3.88. The summed E-state index contributed by atoms with van der Waals surface area (Å²) in [6, 6.07) is 7.12. The minimum atomic E-state index is 0.492. The maximum Gasteiger partial charge on any atom is 0.113 e. The number of piperidine rings is 2. The van der Waals surface area contributed by atoms with Crippen LogP contribution in [0.2, 0.25) is 0 Å². The summed E-state index contributed by atoms with van der Waals surface area (Å²) in [4.78, 5) is 17.2. The van der Waals surface area contributed by atoms with Gasteiger partial charge >= 0.3 is 0 Å². The van der Waals surface area contributed by atoms with Gasteiger partial charge < -0.3 is 14.7 Å². The van der Waals surface area contributed by atoms with E-state index in [9.17, 15) is 5.26 Å². The molecule has 2 aromatic rings. The van der Waals surface area contributed by atoms with Crippen LogP contribution in [0.1, 0.15) is 50.5 Å². The van der Waals surface area contributed by atoms with Gasteiger partial charge in [0, 0.05) is 38.1 Å². The first kappa shape index (κ1) is 20.4. The lowest BCUT2D eigenvalue weighted by molar-refractivity contribution is 0.0820. The summed E-state index contributed by atoms with van der Waals surface area (Å²) in [7, 11) is 0. The van der Waals surface area contributed by atoms with Gasteiger partial charge in [0.2, 0.25) is 0 Å². The van der Waals surface area contributed by atoms with E-state index in [0.29, 0.717) is 11.0 Å². The lowest BCUT2D eigenvalue weighted by atomic mass is 9.91. The van der Waals surface area contributed by atoms with E-state index in [1.54, 1.807) is 12.4 Å². The molecule has 1 spiro atoms. The summed E-state index contributed by atoms with van der Waals surface area (Å²) in [5, 5.41) is 9.47. The summed E-state index contributed by atoms with van der Waals surface area (Å²) >= 11 is 0. The predicted octanol–water partition coefficient (Wildman–Crippen LogP) is 3.67. The third-order valence-electron chi connectivity index (χ3n) is 8.71. The van der Waals surface area contributed by atoms with E-state index < -0.39 is 0 Å². The molecule has 1 saturated carbocycles. The Bertz CT molecular complexity index is 1010. The molecule has 3 aliphatic heterocycles. The summed E-state index contributed by atoms with van der Waals surface area (Å²) in [5.74, 6) is 0.733. The van der Waals surface area contributed by atoms with Crippen molar-refractivity contribution >= 4 is 16.7 Å². The molecule has 3 saturated heterocycles. The molecule has 0 radical (unpaired) electrons. The Balaban J connectivity index is 1.14. The summed E-state index contributed by atoms with van der Waals surface area (Å²) in [6.07, 6.45) is 13.1. The Hall–Kier alpha value is -2.23. The molecular weight excluding hydrogens is 396 g/mol. The van der Waals surface area contributed by atoms with E-state index >= 15 is 0 Å². The van der Waals surface area contributed by atoms with Gasteiger partial charge in [-0.15, -0.1) is 0 Å². The molecule has 1 unspecified atom stereocenters. The highest BCUT2D eigenvalue weighted by Crippen LogP contribution is 2.57. The van der Waals surface area contributed by atoms with Crippen molar-refractivity contribution in [1.82, 2.24) is 19.8 Å². The number of hydrogen-bond acceptors (Lipinski definition) is 6. The van der Waals surface area contributed by atoms with Crippen molar-refractivity contribution in [1.29, 1.82) is 5.26 Å². The highest BCUT2D eigenvalue weighted by Gasteiger charge is 2.55. The van der Waals surface area contributed by atoms with Crippen molar-refractivity contribution in [3.8, 4) is 6.07 Å². The van der Waals surface area contributed by atoms with Gasteiger partial charge in [0.15, 0.2) is 0 Å². The van der Waals surface area contributed by atoms with E-state index in [0.717, 1.165) is 41.8 Å². The fraction of sp³-hybridized carbons (Fsp3) is 0.654. The van der Waals surface area contributed by atoms with Crippen LogP contribution >= 0.6 is 0 Å². The normalized spacial score (nSPS) is 26.6. The molecule has 32 heavy (non-hydrogen) atoms. The Kier molecular flexibility index (Phi) is 5.27. The number of anilines is 1. The van der Waals surface area contributed by atoms with Crippen LogP contribution in [0.5, 0.6) is 0 Å². The Labute approximate surface area is 191 Å². The van der Waals surface area contributed by atoms with Gasteiger partial charge in [-0.25, -0.2) is 0 Å². The Morgan fingerprint density at radius 2 is 1.72 bits per heavy atom. The van der Waals surface area contributed by atoms with Gasteiger partial charge in [0.05, 0.1) is 11.3 Å². The molecule has 168 valence electrons. The van der Waals surface area contributed by atoms with Gasteiger partial charge in [-0.3, -0.25) is 9.97 Å². The van der Waals surface area contributed by atoms with Crippen molar-refractivity contribution < 1.29 is 0 Å². The van der Waals surface area contributed by atoms with Crippen molar-refractivity contribution in [2.24, 2.45) is 11.3 Å². The van der Waals surface area contributed by atoms with Crippen LogP contribution in [-0.4, -0.2) is 71.6 Å². The maximum atomic E-state index is 9.47. The van der Waals surface area contributed by atoms with Crippen LogP contribution in [0.25, 0.3) is 11.0 Å². The van der Waals surface area contributed by atoms with Gasteiger partial charge in [-0.2, -0.15) is 5.26 Å². The monoisotopic (exact) mass is 430 g/mol. The fourth-order valence-corrected chi connectivity index (χ4v) is 6.65. The lowest BCUT2D eigenvalue weighted by Crippen LogP contribution is -2.48. The fourth-order valence-electron chi connectivity index (χ4n) is 6.65. The zero-order chi connectivity index (χ0) is 21.5. The zero-order valence-electron chi connectivity index (χ0n) is 19.0. The minimum absolute atomic E-state index is 0.492. The van der Waals surface area contributed by atoms with E-state index in [2.05, 4.69) is 36.8 Å². The van der Waals surface area contributed by atoms with Crippen LogP contribution in [0.4, 0.5) is 5.69 Å². The SMILES string of the molecule is N#Cc1ccc(N2CC(CN3CCC(N4CCCCC4)CC3)C3(CC3)C2)c2nccnc12. The van der Waals surface area contributed by atoms with E-state index in [4.69, 9.17) is 0 Å². The summed E-state index contributed by atoms with van der Waals surface area (Å²) in [6.45, 7) is 8.64. The number of nitriles is 1. The molecule has 4 heterocycles. The largest absolute Gasteiger partial charge is 0.369 e. The average molecular weight is 431 g/mol. The maximum absolute atomic E-state index is 9.47. The first-order valence-corrected chi connectivity index (χ1v) is 12.6. The molecule has 6 rings (SSSR count). The first-order chi connectivity index (χ1) is 15.8. The van der Waals surface area contributed by atoms with Gasteiger partial charge in [-0.05, 0) is 88.2 Å². The average Bonchev–Trinajstić information content (AvgIpc) is 3.55. The number of benzene rings is 1. The van der Waals surface area contributed by atoms with Crippen molar-refractivity contribution in [2.75, 3.05) is 50.7 Å². The van der Waals surface area contributed by atoms with Crippen LogP contribution in [-0.2, 0) is 0 Å². The second-order valence-corrected chi connectivity index (χ2v) is 10.6. The molecule has 6 heteroatoms. The zero-order valence-corrected chi connectivity index (χ0v) is 19.0. The van der Waals surface area contributed by atoms with Crippen LogP contribution in [0, 0.1) is 22.7 Å². The first-order valence-electron chi connectivity index (χ1n) is 12.6. The smallest absolute Gasteiger partial charge is 0.113 e. The van der Waals surface area contributed by atoms with E-state index in [-0.39, 0.29) is 0 Å². The highest BCUT2D eigenvalue weighted by atomic mass is 15.2. The van der Waals surface area contributed by atoms with Crippen molar-refractivity contribution in [3.63, 3.8) is 0 Å². The van der Waals surface area contributed by atoms with Gasteiger partial charge in [0.1, 0.15) is 17.1 Å². The topological polar surface area (TPSA) is 59.3 Å². The second kappa shape index (κ2) is 8.28. The molecule has 0 N–H and O–H groups in total. The number of hydrogen-bond donors (Lipinski definition) is 0. The Morgan fingerprint density at radius 3 is 2.44 bits per heavy atom.